The van der Waals surface area contributed by atoms with Gasteiger partial charge in [-0.2, -0.15) is 13.2 Å². The van der Waals surface area contributed by atoms with Gasteiger partial charge in [-0.3, -0.25) is 4.79 Å². The van der Waals surface area contributed by atoms with Gasteiger partial charge in [0.1, 0.15) is 0 Å². The highest BCUT2D eigenvalue weighted by molar-refractivity contribution is 5.89. The molecule has 0 aliphatic heterocycles. The van der Waals surface area contributed by atoms with E-state index in [4.69, 9.17) is 0 Å². The van der Waals surface area contributed by atoms with E-state index in [1.54, 1.807) is 6.92 Å². The zero-order valence-corrected chi connectivity index (χ0v) is 11.4. The Balaban J connectivity index is 4.08. The lowest BCUT2D eigenvalue weighted by Gasteiger charge is -2.13. The molecule has 0 fully saturated rings. The van der Waals surface area contributed by atoms with E-state index in [1.807, 2.05) is 0 Å². The van der Waals surface area contributed by atoms with Gasteiger partial charge in [0.25, 0.3) is 0 Å². The van der Waals surface area contributed by atoms with Crippen LogP contribution in [0.5, 0.6) is 0 Å². The quantitative estimate of drug-likeness (QED) is 0.384. The molecule has 0 aliphatic carbocycles. The van der Waals surface area contributed by atoms with Crippen molar-refractivity contribution in [3.63, 3.8) is 0 Å². The third-order valence-electron chi connectivity index (χ3n) is 2.91. The second-order valence-corrected chi connectivity index (χ2v) is 4.51. The second kappa shape index (κ2) is 8.93. The molecular formula is C13H21F3O3. The van der Waals surface area contributed by atoms with Gasteiger partial charge in [-0.25, -0.2) is 4.79 Å². The summed E-state index contributed by atoms with van der Waals surface area (Å²) in [6.45, 7) is 3.77. The molecule has 0 aromatic rings. The minimum atomic E-state index is -5.12. The Morgan fingerprint density at radius 1 is 1.05 bits per heavy atom. The first-order valence-electron chi connectivity index (χ1n) is 6.65. The first-order chi connectivity index (χ1) is 8.82. The zero-order chi connectivity index (χ0) is 14.9. The highest BCUT2D eigenvalue weighted by atomic mass is 19.4. The average molecular weight is 282 g/mol. The molecule has 6 heteroatoms. The van der Waals surface area contributed by atoms with E-state index >= 15 is 0 Å². The molecular weight excluding hydrogens is 261 g/mol. The first kappa shape index (κ1) is 17.9. The van der Waals surface area contributed by atoms with Crippen molar-refractivity contribution in [3.05, 3.63) is 0 Å². The third kappa shape index (κ3) is 7.85. The molecule has 3 nitrogen and oxygen atoms in total. The summed E-state index contributed by atoms with van der Waals surface area (Å²) in [6, 6.07) is 0. The van der Waals surface area contributed by atoms with Crippen molar-refractivity contribution in [2.24, 2.45) is 5.92 Å². The van der Waals surface area contributed by atoms with Gasteiger partial charge in [-0.15, -0.1) is 0 Å². The van der Waals surface area contributed by atoms with Crippen molar-refractivity contribution >= 4 is 11.9 Å². The Morgan fingerprint density at radius 2 is 1.63 bits per heavy atom. The minimum Gasteiger partial charge on any atom is -0.386 e. The summed E-state index contributed by atoms with van der Waals surface area (Å²) in [7, 11) is 0. The third-order valence-corrected chi connectivity index (χ3v) is 2.91. The number of carbonyl (C=O) groups excluding carboxylic acids is 2. The number of rotatable bonds is 8. The fourth-order valence-corrected chi connectivity index (χ4v) is 1.72. The Labute approximate surface area is 111 Å². The summed E-state index contributed by atoms with van der Waals surface area (Å²) >= 11 is 0. The fraction of sp³-hybridized carbons (Fsp3) is 0.846. The topological polar surface area (TPSA) is 43.4 Å². The number of esters is 2. The number of alkyl halides is 3. The number of halogens is 3. The van der Waals surface area contributed by atoms with Crippen LogP contribution in [0.1, 0.15) is 58.8 Å². The van der Waals surface area contributed by atoms with Crippen LogP contribution in [0.4, 0.5) is 13.2 Å². The van der Waals surface area contributed by atoms with Gasteiger partial charge >= 0.3 is 18.1 Å². The van der Waals surface area contributed by atoms with Crippen molar-refractivity contribution in [1.29, 1.82) is 0 Å². The number of ether oxygens (including phenoxy) is 1. The summed E-state index contributed by atoms with van der Waals surface area (Å²) in [4.78, 5) is 22.0. The summed E-state index contributed by atoms with van der Waals surface area (Å²) < 4.78 is 39.7. The standard InChI is InChI=1S/C13H21F3O3/c1-3-5-6-7-8-9-10(4-2)11(17)19-12(18)13(14,15)16/h10H,3-9H2,1-2H3. The van der Waals surface area contributed by atoms with E-state index < -0.39 is 24.0 Å². The lowest BCUT2D eigenvalue weighted by Crippen LogP contribution is -2.30. The molecule has 0 amide bonds. The Bertz CT molecular complexity index is 287. The molecule has 112 valence electrons. The SMILES string of the molecule is CCCCCCCC(CC)C(=O)OC(=O)C(F)(F)F. The Morgan fingerprint density at radius 3 is 2.11 bits per heavy atom. The lowest BCUT2D eigenvalue weighted by atomic mass is 9.98. The zero-order valence-electron chi connectivity index (χ0n) is 11.4. The molecule has 0 aliphatic rings. The molecule has 0 saturated carbocycles. The van der Waals surface area contributed by atoms with Crippen LogP contribution < -0.4 is 0 Å². The van der Waals surface area contributed by atoms with E-state index in [1.165, 1.54) is 0 Å². The molecule has 1 unspecified atom stereocenters. The molecule has 0 aromatic heterocycles. The van der Waals surface area contributed by atoms with Crippen LogP contribution in [0.15, 0.2) is 0 Å². The monoisotopic (exact) mass is 282 g/mol. The maximum Gasteiger partial charge on any atom is 0.491 e. The molecule has 0 bridgehead atoms. The summed E-state index contributed by atoms with van der Waals surface area (Å²) in [5, 5.41) is 0. The maximum absolute atomic E-state index is 11.9. The number of carbonyl (C=O) groups is 2. The molecule has 0 N–H and O–H groups in total. The summed E-state index contributed by atoms with van der Waals surface area (Å²) in [6.07, 6.45) is 0.659. The predicted octanol–water partition coefficient (Wildman–Crippen LogP) is 4.01. The van der Waals surface area contributed by atoms with E-state index in [9.17, 15) is 22.8 Å². The van der Waals surface area contributed by atoms with Crippen LogP contribution in [-0.4, -0.2) is 18.1 Å². The van der Waals surface area contributed by atoms with Crippen LogP contribution in [0.3, 0.4) is 0 Å². The minimum absolute atomic E-state index is 0.373. The van der Waals surface area contributed by atoms with Crippen molar-refractivity contribution in [2.45, 2.75) is 65.0 Å². The molecule has 0 saturated heterocycles. The fourth-order valence-electron chi connectivity index (χ4n) is 1.72. The lowest BCUT2D eigenvalue weighted by molar-refractivity contribution is -0.203. The van der Waals surface area contributed by atoms with Crippen LogP contribution >= 0.6 is 0 Å². The van der Waals surface area contributed by atoms with Gasteiger partial charge in [0.2, 0.25) is 0 Å². The van der Waals surface area contributed by atoms with Gasteiger partial charge < -0.3 is 4.74 Å². The molecule has 0 rings (SSSR count). The van der Waals surface area contributed by atoms with Gasteiger partial charge in [0, 0.05) is 0 Å². The first-order valence-corrected chi connectivity index (χ1v) is 6.65. The van der Waals surface area contributed by atoms with Crippen LogP contribution in [0, 0.1) is 5.92 Å². The summed E-state index contributed by atoms with van der Waals surface area (Å²) in [5.41, 5.74) is 0. The molecule has 0 heterocycles. The molecule has 1 atom stereocenters. The van der Waals surface area contributed by atoms with Gasteiger partial charge in [0.15, 0.2) is 0 Å². The Kier molecular flexibility index (Phi) is 8.43. The smallest absolute Gasteiger partial charge is 0.386 e. The predicted molar refractivity (Wildman–Crippen MR) is 64.3 cm³/mol. The highest BCUT2D eigenvalue weighted by Gasteiger charge is 2.43. The molecule has 0 spiro atoms. The number of unbranched alkanes of at least 4 members (excludes halogenated alkanes) is 4. The van der Waals surface area contributed by atoms with Crippen molar-refractivity contribution < 1.29 is 27.5 Å². The van der Waals surface area contributed by atoms with Crippen LogP contribution in [-0.2, 0) is 14.3 Å². The summed E-state index contributed by atoms with van der Waals surface area (Å²) in [5.74, 6) is -4.13. The van der Waals surface area contributed by atoms with Crippen molar-refractivity contribution in [2.75, 3.05) is 0 Å². The van der Waals surface area contributed by atoms with Gasteiger partial charge in [-0.05, 0) is 12.8 Å². The van der Waals surface area contributed by atoms with Gasteiger partial charge in [0.05, 0.1) is 5.92 Å². The van der Waals surface area contributed by atoms with E-state index in [2.05, 4.69) is 11.7 Å². The van der Waals surface area contributed by atoms with Crippen LogP contribution in [0.25, 0.3) is 0 Å². The normalized spacial score (nSPS) is 13.1. The van der Waals surface area contributed by atoms with Gasteiger partial charge in [-0.1, -0.05) is 46.0 Å². The van der Waals surface area contributed by atoms with E-state index in [0.29, 0.717) is 12.8 Å². The van der Waals surface area contributed by atoms with Crippen LogP contribution in [0.2, 0.25) is 0 Å². The highest BCUT2D eigenvalue weighted by Crippen LogP contribution is 2.20. The van der Waals surface area contributed by atoms with E-state index in [0.717, 1.165) is 32.1 Å². The second-order valence-electron chi connectivity index (χ2n) is 4.51. The number of hydrogen-bond acceptors (Lipinski definition) is 3. The molecule has 19 heavy (non-hydrogen) atoms. The van der Waals surface area contributed by atoms with Crippen molar-refractivity contribution in [1.82, 2.24) is 0 Å². The number of hydrogen-bond donors (Lipinski definition) is 0. The Hall–Kier alpha value is -1.07. The molecule has 0 radical (unpaired) electrons. The van der Waals surface area contributed by atoms with E-state index in [-0.39, 0.29) is 0 Å². The maximum atomic E-state index is 11.9. The average Bonchev–Trinajstić information content (AvgIpc) is 2.32. The molecule has 0 aromatic carbocycles. The largest absolute Gasteiger partial charge is 0.491 e. The van der Waals surface area contributed by atoms with Crippen molar-refractivity contribution in [3.8, 4) is 0 Å².